The van der Waals surface area contributed by atoms with Crippen molar-refractivity contribution in [3.05, 3.63) is 12.0 Å². The van der Waals surface area contributed by atoms with Crippen LogP contribution in [0.25, 0.3) is 11.0 Å². The van der Waals surface area contributed by atoms with Crippen LogP contribution in [-0.4, -0.2) is 26.8 Å². The average molecular weight is 178 g/mol. The highest BCUT2D eigenvalue weighted by Crippen LogP contribution is 2.19. The zero-order valence-corrected chi connectivity index (χ0v) is 7.53. The molecule has 0 atom stereocenters. The molecular formula is C8H10N4O. The van der Waals surface area contributed by atoms with E-state index in [0.29, 0.717) is 12.5 Å². The summed E-state index contributed by atoms with van der Waals surface area (Å²) in [6.45, 7) is 4.35. The van der Waals surface area contributed by atoms with E-state index in [0.717, 1.165) is 16.7 Å². The third kappa shape index (κ3) is 1.22. The first-order valence-electron chi connectivity index (χ1n) is 4.12. The van der Waals surface area contributed by atoms with Gasteiger partial charge >= 0.3 is 0 Å². The number of H-pyrrole nitrogens is 1. The Morgan fingerprint density at radius 3 is 3.08 bits per heavy atom. The fourth-order valence-electron chi connectivity index (χ4n) is 1.19. The Balaban J connectivity index is 2.64. The van der Waals surface area contributed by atoms with Crippen LogP contribution in [-0.2, 0) is 0 Å². The molecule has 0 saturated heterocycles. The number of ether oxygens (including phenoxy) is 1. The lowest BCUT2D eigenvalue weighted by atomic mass is 10.3. The number of rotatable bonds is 2. The summed E-state index contributed by atoms with van der Waals surface area (Å²) in [4.78, 5) is 7.10. The number of nitrogens with one attached hydrogen (secondary N) is 1. The van der Waals surface area contributed by atoms with Crippen LogP contribution in [0, 0.1) is 6.92 Å². The minimum atomic E-state index is 0.514. The first-order chi connectivity index (χ1) is 6.33. The van der Waals surface area contributed by atoms with Gasteiger partial charge in [-0.1, -0.05) is 0 Å². The van der Waals surface area contributed by atoms with Gasteiger partial charge in [0.25, 0.3) is 5.88 Å². The van der Waals surface area contributed by atoms with Crippen molar-refractivity contribution >= 4 is 11.0 Å². The topological polar surface area (TPSA) is 63.7 Å². The first kappa shape index (κ1) is 7.97. The maximum absolute atomic E-state index is 5.29. The molecule has 0 radical (unpaired) electrons. The molecule has 0 unspecified atom stereocenters. The summed E-state index contributed by atoms with van der Waals surface area (Å²) in [7, 11) is 0. The first-order valence-corrected chi connectivity index (χ1v) is 4.12. The lowest BCUT2D eigenvalue weighted by Crippen LogP contribution is -1.98. The summed E-state index contributed by atoms with van der Waals surface area (Å²) in [5.41, 5.74) is 2.44. The molecule has 0 aliphatic carbocycles. The van der Waals surface area contributed by atoms with Crippen LogP contribution in [0.15, 0.2) is 6.33 Å². The zero-order chi connectivity index (χ0) is 9.26. The van der Waals surface area contributed by atoms with E-state index in [4.69, 9.17) is 4.74 Å². The predicted octanol–water partition coefficient (Wildman–Crippen LogP) is 1.06. The van der Waals surface area contributed by atoms with Crippen LogP contribution >= 0.6 is 0 Å². The molecule has 0 amide bonds. The molecule has 2 heterocycles. The van der Waals surface area contributed by atoms with E-state index in [9.17, 15) is 0 Å². The van der Waals surface area contributed by atoms with Gasteiger partial charge in [0, 0.05) is 0 Å². The number of imidazole rings is 1. The Labute approximate surface area is 75.2 Å². The van der Waals surface area contributed by atoms with Crippen molar-refractivity contribution in [2.24, 2.45) is 0 Å². The molecule has 0 bridgehead atoms. The Morgan fingerprint density at radius 1 is 1.46 bits per heavy atom. The van der Waals surface area contributed by atoms with E-state index in [2.05, 4.69) is 20.2 Å². The molecule has 0 saturated carbocycles. The highest BCUT2D eigenvalue weighted by atomic mass is 16.5. The van der Waals surface area contributed by atoms with Gasteiger partial charge in [-0.05, 0) is 13.8 Å². The van der Waals surface area contributed by atoms with Crippen LogP contribution in [0.5, 0.6) is 5.88 Å². The largest absolute Gasteiger partial charge is 0.475 e. The molecule has 0 aliphatic heterocycles. The Morgan fingerprint density at radius 2 is 2.31 bits per heavy atom. The van der Waals surface area contributed by atoms with Gasteiger partial charge < -0.3 is 9.72 Å². The maximum Gasteiger partial charge on any atom is 0.259 e. The molecule has 13 heavy (non-hydrogen) atoms. The average Bonchev–Trinajstić information content (AvgIpc) is 2.59. The van der Waals surface area contributed by atoms with E-state index >= 15 is 0 Å². The molecule has 1 N–H and O–H groups in total. The number of aryl methyl sites for hydroxylation is 1. The minimum Gasteiger partial charge on any atom is -0.475 e. The van der Waals surface area contributed by atoms with E-state index in [1.54, 1.807) is 6.33 Å². The van der Waals surface area contributed by atoms with Crippen molar-refractivity contribution in [2.75, 3.05) is 6.61 Å². The van der Waals surface area contributed by atoms with E-state index in [1.165, 1.54) is 0 Å². The number of fused-ring (bicyclic) bond motifs is 1. The third-order valence-corrected chi connectivity index (χ3v) is 1.77. The van der Waals surface area contributed by atoms with Gasteiger partial charge in [-0.25, -0.2) is 4.98 Å². The molecule has 0 spiro atoms. The summed E-state index contributed by atoms with van der Waals surface area (Å²) in [6, 6.07) is 0. The molecule has 2 aromatic rings. The second kappa shape index (κ2) is 3.01. The molecular weight excluding hydrogens is 168 g/mol. The van der Waals surface area contributed by atoms with Gasteiger partial charge in [-0.2, -0.15) is 0 Å². The number of aromatic nitrogens is 4. The molecule has 0 aliphatic rings. The van der Waals surface area contributed by atoms with Gasteiger partial charge in [-0.15, -0.1) is 10.2 Å². The highest BCUT2D eigenvalue weighted by Gasteiger charge is 2.08. The molecule has 5 heteroatoms. The second-order valence-electron chi connectivity index (χ2n) is 2.65. The SMILES string of the molecule is CCOc1nnc(C)c2nc[nH]c12. The number of aromatic amines is 1. The van der Waals surface area contributed by atoms with Crippen LogP contribution < -0.4 is 4.74 Å². The van der Waals surface area contributed by atoms with Gasteiger partial charge in [0.1, 0.15) is 11.0 Å². The summed E-state index contributed by atoms with van der Waals surface area (Å²) in [5.74, 6) is 0.514. The van der Waals surface area contributed by atoms with Gasteiger partial charge in [-0.3, -0.25) is 0 Å². The molecule has 5 nitrogen and oxygen atoms in total. The quantitative estimate of drug-likeness (QED) is 0.746. The van der Waals surface area contributed by atoms with Crippen molar-refractivity contribution < 1.29 is 4.74 Å². The smallest absolute Gasteiger partial charge is 0.259 e. The fraction of sp³-hybridized carbons (Fsp3) is 0.375. The van der Waals surface area contributed by atoms with Crippen molar-refractivity contribution in [2.45, 2.75) is 13.8 Å². The van der Waals surface area contributed by atoms with E-state index < -0.39 is 0 Å². The maximum atomic E-state index is 5.29. The molecule has 2 rings (SSSR count). The fourth-order valence-corrected chi connectivity index (χ4v) is 1.19. The number of nitrogens with zero attached hydrogens (tertiary/aromatic N) is 3. The van der Waals surface area contributed by atoms with Crippen molar-refractivity contribution in [3.8, 4) is 5.88 Å². The Hall–Kier alpha value is -1.65. The van der Waals surface area contributed by atoms with Crippen molar-refractivity contribution in [1.29, 1.82) is 0 Å². The molecule has 68 valence electrons. The third-order valence-electron chi connectivity index (χ3n) is 1.77. The van der Waals surface area contributed by atoms with Crippen LogP contribution in [0.3, 0.4) is 0 Å². The Bertz CT molecular complexity index is 423. The van der Waals surface area contributed by atoms with E-state index in [1.807, 2.05) is 13.8 Å². The summed E-state index contributed by atoms with van der Waals surface area (Å²) >= 11 is 0. The summed E-state index contributed by atoms with van der Waals surface area (Å²) in [5, 5.41) is 7.87. The number of hydrogen-bond donors (Lipinski definition) is 1. The van der Waals surface area contributed by atoms with Crippen LogP contribution in [0.4, 0.5) is 0 Å². The molecule has 2 aromatic heterocycles. The molecule has 0 fully saturated rings. The van der Waals surface area contributed by atoms with Gasteiger partial charge in [0.05, 0.1) is 18.6 Å². The van der Waals surface area contributed by atoms with Gasteiger partial charge in [0.15, 0.2) is 0 Å². The lowest BCUT2D eigenvalue weighted by molar-refractivity contribution is 0.326. The second-order valence-corrected chi connectivity index (χ2v) is 2.65. The monoisotopic (exact) mass is 178 g/mol. The Kier molecular flexibility index (Phi) is 1.84. The van der Waals surface area contributed by atoms with E-state index in [-0.39, 0.29) is 0 Å². The minimum absolute atomic E-state index is 0.514. The van der Waals surface area contributed by atoms with Crippen LogP contribution in [0.2, 0.25) is 0 Å². The standard InChI is InChI=1S/C8H10N4O/c1-3-13-8-7-6(9-4-10-7)5(2)11-12-8/h4H,3H2,1-2H3,(H,9,10). The summed E-state index contributed by atoms with van der Waals surface area (Å²) in [6.07, 6.45) is 1.61. The van der Waals surface area contributed by atoms with Crippen molar-refractivity contribution in [1.82, 2.24) is 20.2 Å². The normalized spacial score (nSPS) is 10.6. The van der Waals surface area contributed by atoms with Gasteiger partial charge in [0.2, 0.25) is 0 Å². The zero-order valence-electron chi connectivity index (χ0n) is 7.53. The highest BCUT2D eigenvalue weighted by molar-refractivity contribution is 5.80. The van der Waals surface area contributed by atoms with Crippen molar-refractivity contribution in [3.63, 3.8) is 0 Å². The number of hydrogen-bond acceptors (Lipinski definition) is 4. The molecule has 0 aromatic carbocycles. The van der Waals surface area contributed by atoms with Crippen LogP contribution in [0.1, 0.15) is 12.6 Å². The summed E-state index contributed by atoms with van der Waals surface area (Å²) < 4.78 is 5.29. The lowest BCUT2D eigenvalue weighted by Gasteiger charge is -2.01. The predicted molar refractivity (Wildman–Crippen MR) is 47.6 cm³/mol.